The summed E-state index contributed by atoms with van der Waals surface area (Å²) in [6.45, 7) is 5.01. The van der Waals surface area contributed by atoms with Crippen molar-refractivity contribution in [2.75, 3.05) is 41.5 Å². The number of carbonyl (C=O) groups excluding carboxylic acids is 1. The molecule has 3 aliphatic rings. The van der Waals surface area contributed by atoms with Crippen LogP contribution < -0.4 is 20.7 Å². The Kier molecular flexibility index (Phi) is 6.65. The highest BCUT2D eigenvalue weighted by atomic mass is 32.2. The number of rotatable bonds is 8. The first-order chi connectivity index (χ1) is 18.5. The average molecular weight is 530 g/mol. The Labute approximate surface area is 223 Å². The number of fused-ring (bicyclic) bond motifs is 1. The zero-order valence-corrected chi connectivity index (χ0v) is 21.9. The minimum absolute atomic E-state index is 0.233. The van der Waals surface area contributed by atoms with Crippen molar-refractivity contribution in [3.8, 4) is 0 Å². The quantitative estimate of drug-likeness (QED) is 0.330. The van der Waals surface area contributed by atoms with Gasteiger partial charge in [0.25, 0.3) is 5.91 Å². The van der Waals surface area contributed by atoms with Crippen LogP contribution in [0, 0.1) is 0 Å². The molecule has 9 heteroatoms. The lowest BCUT2D eigenvalue weighted by atomic mass is 9.99. The van der Waals surface area contributed by atoms with Gasteiger partial charge < -0.3 is 16.0 Å². The molecule has 3 aromatic rings. The summed E-state index contributed by atoms with van der Waals surface area (Å²) in [7, 11) is -3.42. The summed E-state index contributed by atoms with van der Waals surface area (Å²) in [5.41, 5.74) is 5.87. The molecule has 1 aliphatic carbocycles. The molecule has 4 N–H and O–H groups in total. The molecular weight excluding hydrogens is 498 g/mol. The Morgan fingerprint density at radius 2 is 1.63 bits per heavy atom. The summed E-state index contributed by atoms with van der Waals surface area (Å²) >= 11 is 0. The van der Waals surface area contributed by atoms with Crippen LogP contribution in [0.4, 0.5) is 17.1 Å². The van der Waals surface area contributed by atoms with E-state index in [9.17, 15) is 13.2 Å². The fourth-order valence-corrected chi connectivity index (χ4v) is 6.33. The Hall–Kier alpha value is -3.66. The second kappa shape index (κ2) is 10.2. The predicted molar refractivity (Wildman–Crippen MR) is 152 cm³/mol. The van der Waals surface area contributed by atoms with Crippen LogP contribution in [0.3, 0.4) is 0 Å². The second-order valence-corrected chi connectivity index (χ2v) is 12.0. The van der Waals surface area contributed by atoms with Crippen LogP contribution in [0.5, 0.6) is 0 Å². The number of benzene rings is 3. The Bertz CT molecular complexity index is 1480. The van der Waals surface area contributed by atoms with Crippen LogP contribution in [0.1, 0.15) is 29.5 Å². The van der Waals surface area contributed by atoms with Gasteiger partial charge in [0.05, 0.1) is 16.5 Å². The number of nitrogens with one attached hydrogen (secondary N) is 4. The van der Waals surface area contributed by atoms with Gasteiger partial charge in [0.15, 0.2) is 0 Å². The van der Waals surface area contributed by atoms with E-state index in [4.69, 9.17) is 0 Å². The van der Waals surface area contributed by atoms with Gasteiger partial charge in [-0.1, -0.05) is 42.5 Å². The van der Waals surface area contributed by atoms with Crippen LogP contribution >= 0.6 is 0 Å². The van der Waals surface area contributed by atoms with Gasteiger partial charge in [-0.3, -0.25) is 14.4 Å². The normalized spacial score (nSPS) is 19.0. The maximum absolute atomic E-state index is 13.3. The summed E-state index contributed by atoms with van der Waals surface area (Å²) in [6.07, 6.45) is 1.36. The number of carbonyl (C=O) groups is 1. The second-order valence-electron chi connectivity index (χ2n) is 10.0. The van der Waals surface area contributed by atoms with Gasteiger partial charge in [0, 0.05) is 55.3 Å². The van der Waals surface area contributed by atoms with E-state index in [-0.39, 0.29) is 11.2 Å². The lowest BCUT2D eigenvalue weighted by molar-refractivity contribution is -0.110. The monoisotopic (exact) mass is 529 g/mol. The van der Waals surface area contributed by atoms with Crippen molar-refractivity contribution in [3.05, 3.63) is 89.5 Å². The number of nitrogens with zero attached hydrogens (tertiary/aromatic N) is 1. The molecule has 0 aromatic heterocycles. The highest BCUT2D eigenvalue weighted by Crippen LogP contribution is 2.39. The first-order valence-corrected chi connectivity index (χ1v) is 14.6. The van der Waals surface area contributed by atoms with Gasteiger partial charge >= 0.3 is 0 Å². The van der Waals surface area contributed by atoms with Crippen molar-refractivity contribution < 1.29 is 13.2 Å². The summed E-state index contributed by atoms with van der Waals surface area (Å²) in [5.74, 6) is -0.233. The number of piperazine rings is 1. The largest absolute Gasteiger partial charge is 0.354 e. The van der Waals surface area contributed by atoms with E-state index in [1.807, 2.05) is 42.5 Å². The van der Waals surface area contributed by atoms with E-state index in [0.717, 1.165) is 44.0 Å². The van der Waals surface area contributed by atoms with E-state index in [0.29, 0.717) is 41.1 Å². The molecule has 1 saturated carbocycles. The lowest BCUT2D eigenvalue weighted by Crippen LogP contribution is -2.42. The third-order valence-corrected chi connectivity index (χ3v) is 9.01. The number of hydrogen-bond acceptors (Lipinski definition) is 6. The molecule has 2 aliphatic heterocycles. The van der Waals surface area contributed by atoms with Crippen LogP contribution in [-0.2, 0) is 21.4 Å². The van der Waals surface area contributed by atoms with Crippen molar-refractivity contribution in [2.45, 2.75) is 24.6 Å². The van der Waals surface area contributed by atoms with E-state index in [2.05, 4.69) is 37.7 Å². The third kappa shape index (κ3) is 5.31. The van der Waals surface area contributed by atoms with Gasteiger partial charge in [-0.25, -0.2) is 8.42 Å². The molecule has 2 fully saturated rings. The maximum Gasteiger partial charge on any atom is 0.258 e. The van der Waals surface area contributed by atoms with Gasteiger partial charge in [-0.15, -0.1) is 0 Å². The molecule has 38 heavy (non-hydrogen) atoms. The summed E-state index contributed by atoms with van der Waals surface area (Å²) in [4.78, 5) is 15.7. The molecule has 1 saturated heterocycles. The topological polar surface area (TPSA) is 103 Å². The minimum atomic E-state index is -3.42. The summed E-state index contributed by atoms with van der Waals surface area (Å²) in [6, 6.07) is 23.2. The van der Waals surface area contributed by atoms with Crippen LogP contribution in [0.15, 0.2) is 72.8 Å². The first-order valence-electron chi connectivity index (χ1n) is 13.0. The fourth-order valence-electron chi connectivity index (χ4n) is 4.95. The summed E-state index contributed by atoms with van der Waals surface area (Å²) < 4.78 is 27.8. The van der Waals surface area contributed by atoms with E-state index < -0.39 is 10.0 Å². The zero-order chi connectivity index (χ0) is 26.1. The minimum Gasteiger partial charge on any atom is -0.354 e. The van der Waals surface area contributed by atoms with Crippen molar-refractivity contribution in [2.24, 2.45) is 0 Å². The smallest absolute Gasteiger partial charge is 0.258 e. The standard InChI is InChI=1S/C29H31N5O3S/c35-29-27(25-18-23(10-13-26(25)32-29)33-38(36,37)24-11-12-24)28(21-4-2-1-3-5-21)31-22-8-6-20(7-9-22)19-34-16-14-30-15-17-34/h1-10,13,18,24,30-31,33H,11-12,14-17,19H2,(H,32,35)/b28-27+. The Morgan fingerprint density at radius 3 is 2.34 bits per heavy atom. The first kappa shape index (κ1) is 24.7. The van der Waals surface area contributed by atoms with E-state index in [1.165, 1.54) is 5.56 Å². The van der Waals surface area contributed by atoms with Crippen LogP contribution in [0.25, 0.3) is 11.3 Å². The molecule has 1 amide bonds. The van der Waals surface area contributed by atoms with E-state index in [1.54, 1.807) is 18.2 Å². The van der Waals surface area contributed by atoms with Crippen molar-refractivity contribution in [1.29, 1.82) is 0 Å². The van der Waals surface area contributed by atoms with E-state index >= 15 is 0 Å². The molecule has 2 heterocycles. The SMILES string of the molecule is O=C1Nc2ccc(NS(=O)(=O)C3CC3)cc2/C1=C(\Nc1ccc(CN2CCNCC2)cc1)c1ccccc1. The zero-order valence-electron chi connectivity index (χ0n) is 21.0. The van der Waals surface area contributed by atoms with Gasteiger partial charge in [0.2, 0.25) is 10.0 Å². The molecule has 0 unspecified atom stereocenters. The number of anilines is 3. The molecule has 3 aromatic carbocycles. The van der Waals surface area contributed by atoms with Gasteiger partial charge in [-0.05, 0) is 54.3 Å². The van der Waals surface area contributed by atoms with Crippen LogP contribution in [-0.4, -0.2) is 50.7 Å². The summed E-state index contributed by atoms with van der Waals surface area (Å²) in [5, 5.41) is 9.48. The lowest BCUT2D eigenvalue weighted by Gasteiger charge is -2.27. The molecule has 0 spiro atoms. The molecule has 0 atom stereocenters. The Morgan fingerprint density at radius 1 is 0.921 bits per heavy atom. The van der Waals surface area contributed by atoms with Gasteiger partial charge in [0.1, 0.15) is 0 Å². The van der Waals surface area contributed by atoms with Crippen molar-refractivity contribution in [3.63, 3.8) is 0 Å². The Balaban J connectivity index is 1.33. The van der Waals surface area contributed by atoms with Gasteiger partial charge in [-0.2, -0.15) is 0 Å². The molecule has 0 bridgehead atoms. The van der Waals surface area contributed by atoms with Crippen molar-refractivity contribution >= 4 is 44.3 Å². The molecule has 196 valence electrons. The average Bonchev–Trinajstić information content (AvgIpc) is 3.74. The molecular formula is C29H31N5O3S. The number of amides is 1. The predicted octanol–water partition coefficient (Wildman–Crippen LogP) is 3.93. The highest BCUT2D eigenvalue weighted by Gasteiger charge is 2.36. The maximum atomic E-state index is 13.3. The van der Waals surface area contributed by atoms with Crippen molar-refractivity contribution in [1.82, 2.24) is 10.2 Å². The number of sulfonamides is 1. The van der Waals surface area contributed by atoms with Crippen LogP contribution in [0.2, 0.25) is 0 Å². The molecule has 6 rings (SSSR count). The number of hydrogen-bond donors (Lipinski definition) is 4. The highest BCUT2D eigenvalue weighted by molar-refractivity contribution is 7.93. The fraction of sp³-hybridized carbons (Fsp3) is 0.276. The molecule has 8 nitrogen and oxygen atoms in total. The third-order valence-electron chi connectivity index (χ3n) is 7.14. The molecule has 0 radical (unpaired) electrons.